The minimum absolute atomic E-state index is 0. The molecule has 0 fully saturated rings. The first kappa shape index (κ1) is 14.7. The maximum absolute atomic E-state index is 10.7. The van der Waals surface area contributed by atoms with Crippen molar-refractivity contribution in [3.8, 4) is 5.75 Å². The molecule has 0 bridgehead atoms. The molecule has 0 aliphatic rings. The number of halogens is 1. The van der Waals surface area contributed by atoms with Gasteiger partial charge in [0.1, 0.15) is 6.61 Å². The zero-order chi connectivity index (χ0) is 11.3. The van der Waals surface area contributed by atoms with E-state index in [1.807, 2.05) is 13.0 Å². The van der Waals surface area contributed by atoms with E-state index in [1.54, 1.807) is 6.07 Å². The van der Waals surface area contributed by atoms with E-state index < -0.39 is 4.92 Å². The second-order valence-electron chi connectivity index (χ2n) is 3.05. The van der Waals surface area contributed by atoms with Crippen molar-refractivity contribution in [3.05, 3.63) is 33.9 Å². The number of benzene rings is 1. The average Bonchev–Trinajstić information content (AvgIpc) is 2.26. The molecule has 0 atom stereocenters. The van der Waals surface area contributed by atoms with E-state index >= 15 is 0 Å². The van der Waals surface area contributed by atoms with Crippen LogP contribution in [0.25, 0.3) is 0 Å². The van der Waals surface area contributed by atoms with Gasteiger partial charge in [-0.05, 0) is 18.1 Å². The molecule has 0 heterocycles. The highest BCUT2D eigenvalue weighted by molar-refractivity contribution is 5.85. The van der Waals surface area contributed by atoms with Gasteiger partial charge in [-0.2, -0.15) is 0 Å². The minimum Gasteiger partial charge on any atom is -0.485 e. The summed E-state index contributed by atoms with van der Waals surface area (Å²) < 4.78 is 5.18. The van der Waals surface area contributed by atoms with Gasteiger partial charge in [-0.3, -0.25) is 10.1 Å². The number of hydrogen-bond acceptors (Lipinski definition) is 4. The summed E-state index contributed by atoms with van der Waals surface area (Å²) in [4.78, 5) is 10.3. The van der Waals surface area contributed by atoms with Crippen molar-refractivity contribution in [2.24, 2.45) is 5.73 Å². The van der Waals surface area contributed by atoms with E-state index in [9.17, 15) is 10.1 Å². The van der Waals surface area contributed by atoms with E-state index in [-0.39, 0.29) is 30.5 Å². The SMILES string of the molecule is CCc1ccc(OCCN)c([N+](=O)[O-])c1.Cl. The molecule has 16 heavy (non-hydrogen) atoms. The second kappa shape index (κ2) is 7.03. The Hall–Kier alpha value is -1.33. The van der Waals surface area contributed by atoms with Gasteiger partial charge in [0.2, 0.25) is 0 Å². The first-order chi connectivity index (χ1) is 7.19. The fraction of sp³-hybridized carbons (Fsp3) is 0.400. The Bertz CT molecular complexity index is 358. The maximum Gasteiger partial charge on any atom is 0.311 e. The molecule has 0 aromatic heterocycles. The second-order valence-corrected chi connectivity index (χ2v) is 3.05. The van der Waals surface area contributed by atoms with Gasteiger partial charge in [0, 0.05) is 12.6 Å². The molecule has 2 N–H and O–H groups in total. The molecule has 90 valence electrons. The molecule has 1 rings (SSSR count). The quantitative estimate of drug-likeness (QED) is 0.636. The Morgan fingerprint density at radius 3 is 2.69 bits per heavy atom. The standard InChI is InChI=1S/C10H14N2O3.ClH/c1-2-8-3-4-10(15-6-5-11)9(7-8)12(13)14;/h3-4,7H,2,5-6,11H2,1H3;1H. The lowest BCUT2D eigenvalue weighted by Gasteiger charge is -2.06. The van der Waals surface area contributed by atoms with E-state index in [1.165, 1.54) is 6.07 Å². The highest BCUT2D eigenvalue weighted by atomic mass is 35.5. The summed E-state index contributed by atoms with van der Waals surface area (Å²) in [6.45, 7) is 2.57. The summed E-state index contributed by atoms with van der Waals surface area (Å²) in [6.07, 6.45) is 0.762. The first-order valence-corrected chi connectivity index (χ1v) is 4.79. The van der Waals surface area contributed by atoms with Crippen molar-refractivity contribution in [1.29, 1.82) is 0 Å². The lowest BCUT2D eigenvalue weighted by atomic mass is 10.1. The van der Waals surface area contributed by atoms with Crippen molar-refractivity contribution in [1.82, 2.24) is 0 Å². The van der Waals surface area contributed by atoms with Crippen LogP contribution in [0, 0.1) is 10.1 Å². The molecule has 0 radical (unpaired) electrons. The Labute approximate surface area is 100 Å². The van der Waals surface area contributed by atoms with Crippen LogP contribution in [0.4, 0.5) is 5.69 Å². The van der Waals surface area contributed by atoms with Gasteiger partial charge in [0.25, 0.3) is 0 Å². The number of nitrogens with zero attached hydrogens (tertiary/aromatic N) is 1. The lowest BCUT2D eigenvalue weighted by molar-refractivity contribution is -0.385. The predicted molar refractivity (Wildman–Crippen MR) is 64.3 cm³/mol. The van der Waals surface area contributed by atoms with Crippen molar-refractivity contribution in [2.75, 3.05) is 13.2 Å². The minimum atomic E-state index is -0.439. The third-order valence-corrected chi connectivity index (χ3v) is 2.00. The molecule has 1 aromatic carbocycles. The van der Waals surface area contributed by atoms with Crippen LogP contribution < -0.4 is 10.5 Å². The van der Waals surface area contributed by atoms with Crippen molar-refractivity contribution in [3.63, 3.8) is 0 Å². The molecular weight excluding hydrogens is 232 g/mol. The number of rotatable bonds is 5. The summed E-state index contributed by atoms with van der Waals surface area (Å²) in [5.41, 5.74) is 6.18. The summed E-state index contributed by atoms with van der Waals surface area (Å²) >= 11 is 0. The number of aryl methyl sites for hydroxylation is 1. The molecule has 0 saturated carbocycles. The highest BCUT2D eigenvalue weighted by Gasteiger charge is 2.15. The van der Waals surface area contributed by atoms with Gasteiger partial charge in [-0.15, -0.1) is 12.4 Å². The summed E-state index contributed by atoms with van der Waals surface area (Å²) in [7, 11) is 0. The predicted octanol–water partition coefficient (Wildman–Crippen LogP) is 1.92. The monoisotopic (exact) mass is 246 g/mol. The normalized spacial score (nSPS) is 9.38. The zero-order valence-electron chi connectivity index (χ0n) is 9.01. The number of hydrogen-bond donors (Lipinski definition) is 1. The molecule has 0 unspecified atom stereocenters. The van der Waals surface area contributed by atoms with Crippen LogP contribution in [0.1, 0.15) is 12.5 Å². The smallest absolute Gasteiger partial charge is 0.311 e. The molecule has 5 nitrogen and oxygen atoms in total. The lowest BCUT2D eigenvalue weighted by Crippen LogP contribution is -2.11. The van der Waals surface area contributed by atoms with Crippen LogP contribution in [0.15, 0.2) is 18.2 Å². The van der Waals surface area contributed by atoms with E-state index in [2.05, 4.69) is 0 Å². The fourth-order valence-corrected chi connectivity index (χ4v) is 1.22. The largest absolute Gasteiger partial charge is 0.485 e. The van der Waals surface area contributed by atoms with E-state index in [0.717, 1.165) is 12.0 Å². The summed E-state index contributed by atoms with van der Waals surface area (Å²) in [5.74, 6) is 0.280. The Kier molecular flexibility index (Phi) is 6.44. The third-order valence-electron chi connectivity index (χ3n) is 2.00. The molecular formula is C10H15ClN2O3. The van der Waals surface area contributed by atoms with Crippen molar-refractivity contribution >= 4 is 18.1 Å². The van der Waals surface area contributed by atoms with Crippen molar-refractivity contribution < 1.29 is 9.66 Å². The van der Waals surface area contributed by atoms with Gasteiger partial charge >= 0.3 is 5.69 Å². The van der Waals surface area contributed by atoms with Crippen LogP contribution in [-0.4, -0.2) is 18.1 Å². The van der Waals surface area contributed by atoms with Crippen molar-refractivity contribution in [2.45, 2.75) is 13.3 Å². The molecule has 0 saturated heterocycles. The van der Waals surface area contributed by atoms with Gasteiger partial charge in [0.15, 0.2) is 5.75 Å². The number of nitro groups is 1. The zero-order valence-corrected chi connectivity index (χ0v) is 9.83. The Balaban J connectivity index is 0.00000225. The van der Waals surface area contributed by atoms with Gasteiger partial charge in [0.05, 0.1) is 4.92 Å². The summed E-state index contributed by atoms with van der Waals surface area (Å²) in [5, 5.41) is 10.7. The summed E-state index contributed by atoms with van der Waals surface area (Å²) in [6, 6.07) is 4.97. The Morgan fingerprint density at radius 1 is 1.50 bits per heavy atom. The molecule has 0 aliphatic heterocycles. The first-order valence-electron chi connectivity index (χ1n) is 4.79. The molecule has 1 aromatic rings. The average molecular weight is 247 g/mol. The molecule has 0 spiro atoms. The van der Waals surface area contributed by atoms with Crippen LogP contribution >= 0.6 is 12.4 Å². The van der Waals surface area contributed by atoms with E-state index in [4.69, 9.17) is 10.5 Å². The van der Waals surface area contributed by atoms with Gasteiger partial charge in [-0.1, -0.05) is 13.0 Å². The molecule has 0 amide bonds. The maximum atomic E-state index is 10.7. The van der Waals surface area contributed by atoms with Crippen LogP contribution in [-0.2, 0) is 6.42 Å². The number of ether oxygens (including phenoxy) is 1. The fourth-order valence-electron chi connectivity index (χ4n) is 1.22. The van der Waals surface area contributed by atoms with Crippen LogP contribution in [0.3, 0.4) is 0 Å². The van der Waals surface area contributed by atoms with Gasteiger partial charge in [-0.25, -0.2) is 0 Å². The third kappa shape index (κ3) is 3.67. The highest BCUT2D eigenvalue weighted by Crippen LogP contribution is 2.27. The van der Waals surface area contributed by atoms with Gasteiger partial charge < -0.3 is 10.5 Å². The topological polar surface area (TPSA) is 78.4 Å². The van der Waals surface area contributed by atoms with Crippen LogP contribution in [0.2, 0.25) is 0 Å². The van der Waals surface area contributed by atoms with E-state index in [0.29, 0.717) is 6.54 Å². The molecule has 0 aliphatic carbocycles. The molecule has 6 heteroatoms. The Morgan fingerprint density at radius 2 is 2.19 bits per heavy atom. The van der Waals surface area contributed by atoms with Crippen LogP contribution in [0.5, 0.6) is 5.75 Å². The number of nitro benzene ring substituents is 1. The number of nitrogens with two attached hydrogens (primary N) is 1.